The number of nitrogen functional groups attached to an aromatic ring is 1. The fraction of sp³-hybridized carbons (Fsp3) is 0.200. The molecule has 0 bridgehead atoms. The number of aromatic nitrogens is 2. The summed E-state index contributed by atoms with van der Waals surface area (Å²) in [6.07, 6.45) is 1.48. The van der Waals surface area contributed by atoms with Crippen molar-refractivity contribution in [1.82, 2.24) is 20.6 Å². The van der Waals surface area contributed by atoms with Gasteiger partial charge in [-0.3, -0.25) is 9.59 Å². The van der Waals surface area contributed by atoms with Gasteiger partial charge in [0, 0.05) is 30.6 Å². The van der Waals surface area contributed by atoms with Gasteiger partial charge in [-0.05, 0) is 12.1 Å². The molecule has 0 aliphatic carbocycles. The Bertz CT molecular complexity index is 736. The van der Waals surface area contributed by atoms with Gasteiger partial charge in [0.2, 0.25) is 5.91 Å². The number of nitrogens with one attached hydrogen (secondary N) is 2. The van der Waals surface area contributed by atoms with Crippen molar-refractivity contribution >= 4 is 29.2 Å². The van der Waals surface area contributed by atoms with Crippen molar-refractivity contribution in [3.05, 3.63) is 41.2 Å². The van der Waals surface area contributed by atoms with Gasteiger partial charge in [0.25, 0.3) is 5.91 Å². The van der Waals surface area contributed by atoms with E-state index in [4.69, 9.17) is 17.3 Å². The number of rotatable bonds is 5. The van der Waals surface area contributed by atoms with E-state index in [1.165, 1.54) is 13.1 Å². The van der Waals surface area contributed by atoms with Crippen LogP contribution in [0.25, 0.3) is 11.3 Å². The summed E-state index contributed by atoms with van der Waals surface area (Å²) in [7, 11) is 0. The van der Waals surface area contributed by atoms with Gasteiger partial charge in [-0.1, -0.05) is 23.7 Å². The molecular weight excluding hydrogens is 318 g/mol. The molecule has 0 unspecified atom stereocenters. The largest absolute Gasteiger partial charge is 0.382 e. The lowest BCUT2D eigenvalue weighted by Gasteiger charge is -2.08. The molecule has 120 valence electrons. The highest BCUT2D eigenvalue weighted by Crippen LogP contribution is 2.21. The molecule has 2 aromatic rings. The summed E-state index contributed by atoms with van der Waals surface area (Å²) in [5.41, 5.74) is 6.98. The van der Waals surface area contributed by atoms with E-state index in [2.05, 4.69) is 20.6 Å². The Morgan fingerprint density at radius 3 is 2.70 bits per heavy atom. The standard InChI is InChI=1S/C15H16ClN5O2/c1-9(22)18-5-6-19-15(23)13-14(17)20-8-12(21-13)10-3-2-4-11(16)7-10/h2-4,7-8H,5-6H2,1H3,(H2,17,20)(H,18,22)(H,19,23). The van der Waals surface area contributed by atoms with E-state index in [0.29, 0.717) is 17.3 Å². The summed E-state index contributed by atoms with van der Waals surface area (Å²) in [6, 6.07) is 7.05. The Labute approximate surface area is 138 Å². The van der Waals surface area contributed by atoms with Crippen LogP contribution < -0.4 is 16.4 Å². The van der Waals surface area contributed by atoms with E-state index in [1.807, 2.05) is 6.07 Å². The molecule has 0 atom stereocenters. The molecule has 0 aliphatic heterocycles. The lowest BCUT2D eigenvalue weighted by molar-refractivity contribution is -0.118. The van der Waals surface area contributed by atoms with Gasteiger partial charge < -0.3 is 16.4 Å². The van der Waals surface area contributed by atoms with Crippen molar-refractivity contribution in [3.8, 4) is 11.3 Å². The Morgan fingerprint density at radius 2 is 2.00 bits per heavy atom. The number of anilines is 1. The third-order valence-corrected chi connectivity index (χ3v) is 3.16. The fourth-order valence-corrected chi connectivity index (χ4v) is 2.04. The molecule has 0 saturated heterocycles. The first kappa shape index (κ1) is 16.7. The first-order chi connectivity index (χ1) is 11.0. The molecule has 8 heteroatoms. The van der Waals surface area contributed by atoms with Crippen molar-refractivity contribution in [2.24, 2.45) is 0 Å². The molecule has 1 aromatic heterocycles. The number of carbonyl (C=O) groups is 2. The minimum Gasteiger partial charge on any atom is -0.382 e. The van der Waals surface area contributed by atoms with Crippen molar-refractivity contribution < 1.29 is 9.59 Å². The number of carbonyl (C=O) groups excluding carboxylic acids is 2. The monoisotopic (exact) mass is 333 g/mol. The van der Waals surface area contributed by atoms with E-state index in [0.717, 1.165) is 5.56 Å². The van der Waals surface area contributed by atoms with Gasteiger partial charge in [0.1, 0.15) is 0 Å². The quantitative estimate of drug-likeness (QED) is 0.713. The molecule has 2 rings (SSSR count). The predicted molar refractivity (Wildman–Crippen MR) is 87.9 cm³/mol. The summed E-state index contributed by atoms with van der Waals surface area (Å²) < 4.78 is 0. The number of hydrogen-bond donors (Lipinski definition) is 3. The van der Waals surface area contributed by atoms with Gasteiger partial charge in [-0.2, -0.15) is 0 Å². The van der Waals surface area contributed by atoms with Crippen LogP contribution in [0.5, 0.6) is 0 Å². The molecule has 0 fully saturated rings. The summed E-state index contributed by atoms with van der Waals surface area (Å²) in [5.74, 6) is -0.585. The Balaban J connectivity index is 2.14. The number of benzene rings is 1. The highest BCUT2D eigenvalue weighted by atomic mass is 35.5. The normalized spacial score (nSPS) is 10.2. The fourth-order valence-electron chi connectivity index (χ4n) is 1.85. The van der Waals surface area contributed by atoms with E-state index in [9.17, 15) is 9.59 Å². The highest BCUT2D eigenvalue weighted by molar-refractivity contribution is 6.30. The lowest BCUT2D eigenvalue weighted by atomic mass is 10.1. The van der Waals surface area contributed by atoms with Crippen molar-refractivity contribution in [2.75, 3.05) is 18.8 Å². The van der Waals surface area contributed by atoms with E-state index >= 15 is 0 Å². The topological polar surface area (TPSA) is 110 Å². The molecule has 0 radical (unpaired) electrons. The summed E-state index contributed by atoms with van der Waals surface area (Å²) >= 11 is 5.95. The molecule has 1 aromatic carbocycles. The van der Waals surface area contributed by atoms with Gasteiger partial charge in [-0.25, -0.2) is 9.97 Å². The van der Waals surface area contributed by atoms with Crippen LogP contribution in [-0.4, -0.2) is 34.9 Å². The van der Waals surface area contributed by atoms with Crippen molar-refractivity contribution in [2.45, 2.75) is 6.92 Å². The molecule has 23 heavy (non-hydrogen) atoms. The third kappa shape index (κ3) is 4.65. The molecule has 4 N–H and O–H groups in total. The molecule has 0 aliphatic rings. The number of nitrogens with two attached hydrogens (primary N) is 1. The number of amides is 2. The molecule has 7 nitrogen and oxygen atoms in total. The van der Waals surface area contributed by atoms with Gasteiger partial charge in [-0.15, -0.1) is 0 Å². The van der Waals surface area contributed by atoms with Crippen LogP contribution in [0.3, 0.4) is 0 Å². The predicted octanol–water partition coefficient (Wildman–Crippen LogP) is 1.25. The summed E-state index contributed by atoms with van der Waals surface area (Å²) in [6.45, 7) is 1.99. The molecule has 0 spiro atoms. The van der Waals surface area contributed by atoms with Crippen molar-refractivity contribution in [1.29, 1.82) is 0 Å². The van der Waals surface area contributed by atoms with E-state index in [1.54, 1.807) is 18.2 Å². The van der Waals surface area contributed by atoms with Crippen molar-refractivity contribution in [3.63, 3.8) is 0 Å². The van der Waals surface area contributed by atoms with Crippen LogP contribution >= 0.6 is 11.6 Å². The second-order valence-electron chi connectivity index (χ2n) is 4.74. The van der Waals surface area contributed by atoms with Crippen LogP contribution in [0, 0.1) is 0 Å². The highest BCUT2D eigenvalue weighted by Gasteiger charge is 2.14. The van der Waals surface area contributed by atoms with Crippen LogP contribution in [0.15, 0.2) is 30.5 Å². The van der Waals surface area contributed by atoms with E-state index in [-0.39, 0.29) is 24.0 Å². The van der Waals surface area contributed by atoms with Crippen LogP contribution in [0.2, 0.25) is 5.02 Å². The average molecular weight is 334 g/mol. The maximum absolute atomic E-state index is 12.1. The Hall–Kier alpha value is -2.67. The molecular formula is C15H16ClN5O2. The van der Waals surface area contributed by atoms with Gasteiger partial charge in [0.15, 0.2) is 11.5 Å². The number of hydrogen-bond acceptors (Lipinski definition) is 5. The third-order valence-electron chi connectivity index (χ3n) is 2.92. The number of nitrogens with zero attached hydrogens (tertiary/aromatic N) is 2. The maximum Gasteiger partial charge on any atom is 0.273 e. The minimum atomic E-state index is -0.454. The molecule has 1 heterocycles. The first-order valence-electron chi connectivity index (χ1n) is 6.88. The Kier molecular flexibility index (Phi) is 5.48. The lowest BCUT2D eigenvalue weighted by Crippen LogP contribution is -2.34. The van der Waals surface area contributed by atoms with Gasteiger partial charge in [0.05, 0.1) is 11.9 Å². The molecule has 0 saturated carbocycles. The average Bonchev–Trinajstić information content (AvgIpc) is 2.51. The zero-order chi connectivity index (χ0) is 16.8. The van der Waals surface area contributed by atoms with Crippen LogP contribution in [0.4, 0.5) is 5.82 Å². The zero-order valence-electron chi connectivity index (χ0n) is 12.5. The smallest absolute Gasteiger partial charge is 0.273 e. The molecule has 2 amide bonds. The Morgan fingerprint density at radius 1 is 1.26 bits per heavy atom. The maximum atomic E-state index is 12.1. The van der Waals surface area contributed by atoms with Crippen LogP contribution in [0.1, 0.15) is 17.4 Å². The summed E-state index contributed by atoms with van der Waals surface area (Å²) in [5, 5.41) is 5.76. The first-order valence-corrected chi connectivity index (χ1v) is 7.26. The second kappa shape index (κ2) is 7.55. The van der Waals surface area contributed by atoms with E-state index < -0.39 is 5.91 Å². The SMILES string of the molecule is CC(=O)NCCNC(=O)c1nc(-c2cccc(Cl)c2)cnc1N. The summed E-state index contributed by atoms with van der Waals surface area (Å²) in [4.78, 5) is 31.1. The zero-order valence-corrected chi connectivity index (χ0v) is 13.2. The number of halogens is 1. The second-order valence-corrected chi connectivity index (χ2v) is 5.17. The minimum absolute atomic E-state index is 0.0327. The van der Waals surface area contributed by atoms with Gasteiger partial charge >= 0.3 is 0 Å². The van der Waals surface area contributed by atoms with Crippen LogP contribution in [-0.2, 0) is 4.79 Å².